The molecule has 4 aromatic rings. The summed E-state index contributed by atoms with van der Waals surface area (Å²) >= 11 is 0. The normalized spacial score (nSPS) is 10.8. The lowest BCUT2D eigenvalue weighted by Gasteiger charge is -2.09. The Hall–Kier alpha value is -3.94. The number of methoxy groups -OCH3 is 1. The molecule has 31 heavy (non-hydrogen) atoms. The number of fused-ring (bicyclic) bond motifs is 1. The van der Waals surface area contributed by atoms with Crippen LogP contribution in [0.2, 0.25) is 0 Å². The molecule has 0 fully saturated rings. The first-order valence-corrected chi connectivity index (χ1v) is 9.91. The minimum Gasteiger partial charge on any atom is -0.496 e. The van der Waals surface area contributed by atoms with Gasteiger partial charge in [-0.25, -0.2) is 0 Å². The van der Waals surface area contributed by atoms with E-state index in [1.807, 2.05) is 56.3 Å². The van der Waals surface area contributed by atoms with Gasteiger partial charge in [0.1, 0.15) is 12.4 Å². The van der Waals surface area contributed by atoms with E-state index < -0.39 is 0 Å². The molecule has 1 N–H and O–H groups in total. The van der Waals surface area contributed by atoms with Gasteiger partial charge in [-0.15, -0.1) is 15.3 Å². The first kappa shape index (κ1) is 20.3. The molecule has 158 valence electrons. The molecule has 0 aliphatic heterocycles. The van der Waals surface area contributed by atoms with Crippen molar-refractivity contribution in [3.8, 4) is 23.0 Å². The minimum absolute atomic E-state index is 0.132. The fourth-order valence-corrected chi connectivity index (χ4v) is 3.15. The van der Waals surface area contributed by atoms with Crippen molar-refractivity contribution >= 4 is 11.6 Å². The Morgan fingerprint density at radius 1 is 1.03 bits per heavy atom. The van der Waals surface area contributed by atoms with Crippen LogP contribution in [0.4, 0.5) is 0 Å². The molecule has 0 bridgehead atoms. The van der Waals surface area contributed by atoms with Crippen molar-refractivity contribution in [2.75, 3.05) is 20.3 Å². The Morgan fingerprint density at radius 3 is 2.68 bits per heavy atom. The molecule has 2 heterocycles. The number of aromatic nitrogens is 4. The smallest absolute Gasteiger partial charge is 0.251 e. The summed E-state index contributed by atoms with van der Waals surface area (Å²) in [6.07, 6.45) is 0. The van der Waals surface area contributed by atoms with E-state index in [-0.39, 0.29) is 12.5 Å². The van der Waals surface area contributed by atoms with E-state index in [1.165, 1.54) is 0 Å². The molecule has 0 aliphatic rings. The zero-order valence-electron chi connectivity index (χ0n) is 17.6. The second-order valence-electron chi connectivity index (χ2n) is 7.07. The van der Waals surface area contributed by atoms with E-state index in [2.05, 4.69) is 20.6 Å². The number of benzene rings is 2. The highest BCUT2D eigenvalue weighted by Gasteiger charge is 2.14. The van der Waals surface area contributed by atoms with Crippen molar-refractivity contribution in [1.82, 2.24) is 25.1 Å². The summed E-state index contributed by atoms with van der Waals surface area (Å²) in [6.45, 7) is 4.64. The number of hydrogen-bond acceptors (Lipinski definition) is 6. The number of carbonyl (C=O) groups is 1. The van der Waals surface area contributed by atoms with E-state index in [1.54, 1.807) is 23.8 Å². The fourth-order valence-electron chi connectivity index (χ4n) is 3.15. The summed E-state index contributed by atoms with van der Waals surface area (Å²) in [5.74, 6) is 1.51. The minimum atomic E-state index is -0.132. The first-order chi connectivity index (χ1) is 15.1. The monoisotopic (exact) mass is 417 g/mol. The number of nitrogens with zero attached hydrogens (tertiary/aromatic N) is 4. The fraction of sp³-hybridized carbons (Fsp3) is 0.217. The Morgan fingerprint density at radius 2 is 1.87 bits per heavy atom. The quantitative estimate of drug-likeness (QED) is 0.464. The lowest BCUT2D eigenvalue weighted by Crippen LogP contribution is -2.28. The Kier molecular flexibility index (Phi) is 5.79. The number of aryl methyl sites for hydroxylation is 2. The van der Waals surface area contributed by atoms with Crippen molar-refractivity contribution in [3.05, 3.63) is 71.3 Å². The zero-order chi connectivity index (χ0) is 21.8. The van der Waals surface area contributed by atoms with E-state index in [9.17, 15) is 4.79 Å². The van der Waals surface area contributed by atoms with Gasteiger partial charge in [-0.1, -0.05) is 18.2 Å². The largest absolute Gasteiger partial charge is 0.496 e. The predicted molar refractivity (Wildman–Crippen MR) is 117 cm³/mol. The van der Waals surface area contributed by atoms with Gasteiger partial charge in [0.05, 0.1) is 19.2 Å². The van der Waals surface area contributed by atoms with Gasteiger partial charge in [-0.05, 0) is 55.3 Å². The van der Waals surface area contributed by atoms with Gasteiger partial charge in [-0.3, -0.25) is 4.79 Å². The van der Waals surface area contributed by atoms with Gasteiger partial charge in [0.25, 0.3) is 5.91 Å². The maximum absolute atomic E-state index is 12.3. The summed E-state index contributed by atoms with van der Waals surface area (Å²) in [4.78, 5) is 12.3. The van der Waals surface area contributed by atoms with Crippen LogP contribution < -0.4 is 14.8 Å². The van der Waals surface area contributed by atoms with Crippen LogP contribution in [0.15, 0.2) is 54.6 Å². The molecule has 8 nitrogen and oxygen atoms in total. The Balaban J connectivity index is 1.42. The summed E-state index contributed by atoms with van der Waals surface area (Å²) < 4.78 is 12.8. The van der Waals surface area contributed by atoms with Crippen molar-refractivity contribution < 1.29 is 14.3 Å². The maximum Gasteiger partial charge on any atom is 0.251 e. The average molecular weight is 417 g/mol. The summed E-state index contributed by atoms with van der Waals surface area (Å²) in [5, 5.41) is 15.7. The van der Waals surface area contributed by atoms with Crippen LogP contribution in [-0.4, -0.2) is 46.0 Å². The molecule has 0 saturated heterocycles. The zero-order valence-corrected chi connectivity index (χ0v) is 17.6. The highest BCUT2D eigenvalue weighted by atomic mass is 16.5. The predicted octanol–water partition coefficient (Wildman–Crippen LogP) is 3.23. The third-order valence-corrected chi connectivity index (χ3v) is 4.99. The Labute approximate surface area is 179 Å². The van der Waals surface area contributed by atoms with Crippen LogP contribution >= 0.6 is 0 Å². The van der Waals surface area contributed by atoms with Crippen molar-refractivity contribution in [2.24, 2.45) is 0 Å². The summed E-state index contributed by atoms with van der Waals surface area (Å²) in [7, 11) is 1.61. The molecule has 8 heteroatoms. The highest BCUT2D eigenvalue weighted by Crippen LogP contribution is 2.28. The molecular formula is C23H23N5O3. The second kappa shape index (κ2) is 8.83. The molecule has 2 aromatic carbocycles. The molecule has 0 radical (unpaired) electrons. The third kappa shape index (κ3) is 4.32. The van der Waals surface area contributed by atoms with Crippen LogP contribution in [-0.2, 0) is 0 Å². The van der Waals surface area contributed by atoms with Crippen molar-refractivity contribution in [3.63, 3.8) is 0 Å². The van der Waals surface area contributed by atoms with Crippen LogP contribution in [0.25, 0.3) is 17.0 Å². The van der Waals surface area contributed by atoms with Crippen LogP contribution in [0.3, 0.4) is 0 Å². The summed E-state index contributed by atoms with van der Waals surface area (Å²) in [5.41, 5.74) is 4.25. The average Bonchev–Trinajstić information content (AvgIpc) is 3.21. The highest BCUT2D eigenvalue weighted by molar-refractivity contribution is 5.94. The van der Waals surface area contributed by atoms with Gasteiger partial charge in [-0.2, -0.15) is 4.52 Å². The SMILES string of the molecule is COc1ccccc1-c1nnc2ccc(OCCNC(=O)c3ccc(C)c(C)c3)nn12. The van der Waals surface area contributed by atoms with Crippen LogP contribution in [0.5, 0.6) is 11.6 Å². The number of ether oxygens (including phenoxy) is 2. The number of para-hydroxylation sites is 1. The van der Waals surface area contributed by atoms with Gasteiger partial charge in [0, 0.05) is 11.6 Å². The molecule has 2 aromatic heterocycles. The van der Waals surface area contributed by atoms with E-state index >= 15 is 0 Å². The van der Waals surface area contributed by atoms with Crippen LogP contribution in [0, 0.1) is 13.8 Å². The number of amides is 1. The van der Waals surface area contributed by atoms with Gasteiger partial charge in [0.2, 0.25) is 5.88 Å². The van der Waals surface area contributed by atoms with Crippen LogP contribution in [0.1, 0.15) is 21.5 Å². The number of carbonyl (C=O) groups excluding carboxylic acids is 1. The molecule has 0 saturated carbocycles. The second-order valence-corrected chi connectivity index (χ2v) is 7.07. The standard InChI is InChI=1S/C23H23N5O3/c1-15-8-9-17(14-16(15)2)23(29)24-12-13-31-21-11-10-20-25-26-22(28(20)27-21)18-6-4-5-7-19(18)30-3/h4-11,14H,12-13H2,1-3H3,(H,24,29). The van der Waals surface area contributed by atoms with Gasteiger partial charge < -0.3 is 14.8 Å². The molecule has 0 atom stereocenters. The molecule has 0 spiro atoms. The number of hydrogen-bond donors (Lipinski definition) is 1. The summed E-state index contributed by atoms with van der Waals surface area (Å²) in [6, 6.07) is 16.7. The molecule has 4 rings (SSSR count). The van der Waals surface area contributed by atoms with Gasteiger partial charge >= 0.3 is 0 Å². The topological polar surface area (TPSA) is 90.6 Å². The van der Waals surface area contributed by atoms with Crippen molar-refractivity contribution in [2.45, 2.75) is 13.8 Å². The van der Waals surface area contributed by atoms with Crippen molar-refractivity contribution in [1.29, 1.82) is 0 Å². The first-order valence-electron chi connectivity index (χ1n) is 9.91. The number of nitrogens with one attached hydrogen (secondary N) is 1. The molecule has 0 unspecified atom stereocenters. The van der Waals surface area contributed by atoms with Gasteiger partial charge in [0.15, 0.2) is 11.5 Å². The number of rotatable bonds is 7. The third-order valence-electron chi connectivity index (χ3n) is 4.99. The molecular weight excluding hydrogens is 394 g/mol. The van der Waals surface area contributed by atoms with E-state index in [0.717, 1.165) is 16.7 Å². The lowest BCUT2D eigenvalue weighted by molar-refractivity contribution is 0.0946. The van der Waals surface area contributed by atoms with E-state index in [0.29, 0.717) is 35.2 Å². The van der Waals surface area contributed by atoms with E-state index in [4.69, 9.17) is 9.47 Å². The molecule has 1 amide bonds. The molecule has 0 aliphatic carbocycles. The maximum atomic E-state index is 12.3. The lowest BCUT2D eigenvalue weighted by atomic mass is 10.1. The Bertz CT molecular complexity index is 1240.